The highest BCUT2D eigenvalue weighted by Gasteiger charge is 2.28. The van der Waals surface area contributed by atoms with Crippen molar-refractivity contribution in [3.05, 3.63) is 47.4 Å². The van der Waals surface area contributed by atoms with Gasteiger partial charge in [0.05, 0.1) is 0 Å². The lowest BCUT2D eigenvalue weighted by Gasteiger charge is -2.30. The van der Waals surface area contributed by atoms with Crippen LogP contribution < -0.4 is 0 Å². The lowest BCUT2D eigenvalue weighted by molar-refractivity contribution is -0.132. The average Bonchev–Trinajstić information content (AvgIpc) is 2.91. The van der Waals surface area contributed by atoms with Crippen molar-refractivity contribution in [2.24, 2.45) is 0 Å². The molecule has 0 radical (unpaired) electrons. The molecule has 3 rings (SSSR count). The van der Waals surface area contributed by atoms with Crippen molar-refractivity contribution in [2.75, 3.05) is 13.1 Å². The second kappa shape index (κ2) is 8.99. The lowest BCUT2D eigenvalue weighted by atomic mass is 10.1. The second-order valence-electron chi connectivity index (χ2n) is 7.35. The Morgan fingerprint density at radius 3 is 2.64 bits per heavy atom. The van der Waals surface area contributed by atoms with Gasteiger partial charge >= 0.3 is 0 Å². The van der Waals surface area contributed by atoms with Crippen molar-refractivity contribution in [1.29, 1.82) is 0 Å². The van der Waals surface area contributed by atoms with Gasteiger partial charge in [-0.2, -0.15) is 0 Å². The maximum atomic E-state index is 12.9. The monoisotopic (exact) mass is 384 g/mol. The summed E-state index contributed by atoms with van der Waals surface area (Å²) in [5.74, 6) is 1.26. The van der Waals surface area contributed by atoms with E-state index < -0.39 is 0 Å². The molecule has 0 N–H and O–H groups in total. The molecule has 7 heteroatoms. The van der Waals surface area contributed by atoms with Gasteiger partial charge in [-0.05, 0) is 32.3 Å². The molecular formula is C21H28N4O3. The smallest absolute Gasteiger partial charge is 0.289 e. The van der Waals surface area contributed by atoms with Crippen LogP contribution in [0.5, 0.6) is 0 Å². The normalized spacial score (nSPS) is 17.2. The van der Waals surface area contributed by atoms with Crippen molar-refractivity contribution < 1.29 is 14.0 Å². The highest BCUT2D eigenvalue weighted by atomic mass is 16.4. The van der Waals surface area contributed by atoms with Gasteiger partial charge in [0.25, 0.3) is 5.91 Å². The minimum absolute atomic E-state index is 0.0306. The Hall–Kier alpha value is -2.70. The molecule has 28 heavy (non-hydrogen) atoms. The van der Waals surface area contributed by atoms with Gasteiger partial charge in [-0.25, -0.2) is 9.97 Å². The lowest BCUT2D eigenvalue weighted by Crippen LogP contribution is -2.39. The third-order valence-electron chi connectivity index (χ3n) is 5.31. The van der Waals surface area contributed by atoms with Crippen molar-refractivity contribution in [1.82, 2.24) is 19.8 Å². The van der Waals surface area contributed by atoms with Crippen molar-refractivity contribution in [2.45, 2.75) is 59.0 Å². The fourth-order valence-corrected chi connectivity index (χ4v) is 3.78. The highest BCUT2D eigenvalue weighted by Crippen LogP contribution is 2.23. The third kappa shape index (κ3) is 4.58. The molecule has 2 aromatic rings. The van der Waals surface area contributed by atoms with E-state index in [-0.39, 0.29) is 17.9 Å². The van der Waals surface area contributed by atoms with Crippen molar-refractivity contribution in [3.63, 3.8) is 0 Å². The van der Waals surface area contributed by atoms with E-state index in [9.17, 15) is 9.59 Å². The summed E-state index contributed by atoms with van der Waals surface area (Å²) in [6.45, 7) is 7.30. The summed E-state index contributed by atoms with van der Waals surface area (Å²) in [6.07, 6.45) is 8.20. The first kappa shape index (κ1) is 20.0. The summed E-state index contributed by atoms with van der Waals surface area (Å²) >= 11 is 0. The fourth-order valence-electron chi connectivity index (χ4n) is 3.78. The number of hydrogen-bond acceptors (Lipinski definition) is 5. The van der Waals surface area contributed by atoms with Crippen molar-refractivity contribution in [3.8, 4) is 0 Å². The first-order chi connectivity index (χ1) is 13.5. The summed E-state index contributed by atoms with van der Waals surface area (Å²) in [6, 6.07) is 2.03. The van der Waals surface area contributed by atoms with Crippen LogP contribution in [0.15, 0.2) is 29.2 Å². The topological polar surface area (TPSA) is 79.5 Å². The molecule has 1 aliphatic heterocycles. The van der Waals surface area contributed by atoms with Crippen LogP contribution in [-0.4, -0.2) is 50.7 Å². The summed E-state index contributed by atoms with van der Waals surface area (Å²) in [5, 5.41) is 0. The molecule has 1 fully saturated rings. The number of amides is 2. The van der Waals surface area contributed by atoms with Crippen LogP contribution in [0.4, 0.5) is 0 Å². The maximum Gasteiger partial charge on any atom is 0.289 e. The van der Waals surface area contributed by atoms with E-state index in [1.807, 2.05) is 29.7 Å². The molecule has 0 aliphatic carbocycles. The summed E-state index contributed by atoms with van der Waals surface area (Å²) < 4.78 is 5.74. The molecule has 0 saturated carbocycles. The fraction of sp³-hybridized carbons (Fsp3) is 0.524. The van der Waals surface area contributed by atoms with Gasteiger partial charge in [0, 0.05) is 62.5 Å². The van der Waals surface area contributed by atoms with Crippen LogP contribution in [0.2, 0.25) is 0 Å². The Labute approximate surface area is 165 Å². The first-order valence-electron chi connectivity index (χ1n) is 9.89. The molecule has 1 aliphatic rings. The molecule has 2 amide bonds. The number of hydrogen-bond donors (Lipinski definition) is 0. The highest BCUT2D eigenvalue weighted by molar-refractivity contribution is 5.93. The summed E-state index contributed by atoms with van der Waals surface area (Å²) in [4.78, 5) is 37.0. The molecular weight excluding hydrogens is 356 g/mol. The van der Waals surface area contributed by atoms with Crippen LogP contribution >= 0.6 is 0 Å². The van der Waals surface area contributed by atoms with E-state index in [4.69, 9.17) is 4.42 Å². The number of aryl methyl sites for hydroxylation is 2. The third-order valence-corrected chi connectivity index (χ3v) is 5.31. The first-order valence-corrected chi connectivity index (χ1v) is 9.89. The summed E-state index contributed by atoms with van der Waals surface area (Å²) in [7, 11) is 0. The Morgan fingerprint density at radius 2 is 2.00 bits per heavy atom. The van der Waals surface area contributed by atoms with Crippen LogP contribution in [-0.2, 0) is 17.8 Å². The van der Waals surface area contributed by atoms with Gasteiger partial charge < -0.3 is 14.2 Å². The van der Waals surface area contributed by atoms with Crippen LogP contribution in [0, 0.1) is 6.92 Å². The predicted octanol–water partition coefficient (Wildman–Crippen LogP) is 2.98. The minimum atomic E-state index is -0.0521. The maximum absolute atomic E-state index is 12.9. The number of likely N-dealkylation sites (tertiary alicyclic amines) is 1. The molecule has 7 nitrogen and oxygen atoms in total. The van der Waals surface area contributed by atoms with Gasteiger partial charge in [0.2, 0.25) is 5.91 Å². The zero-order chi connectivity index (χ0) is 20.1. The van der Waals surface area contributed by atoms with Crippen LogP contribution in [0.3, 0.4) is 0 Å². The molecule has 2 aromatic heterocycles. The number of furan rings is 1. The second-order valence-corrected chi connectivity index (χ2v) is 7.35. The minimum Gasteiger partial charge on any atom is -0.456 e. The molecule has 1 saturated heterocycles. The number of rotatable bonds is 5. The molecule has 1 unspecified atom stereocenters. The molecule has 3 heterocycles. The van der Waals surface area contributed by atoms with Crippen molar-refractivity contribution >= 4 is 11.8 Å². The SMILES string of the molecule is CCc1cc(C)c(C(=O)N2CCCC(N(Cc3cncnc3)C(C)=O)CC2)o1. The van der Waals surface area contributed by atoms with Gasteiger partial charge in [0.1, 0.15) is 12.1 Å². The van der Waals surface area contributed by atoms with Crippen LogP contribution in [0.25, 0.3) is 0 Å². The zero-order valence-electron chi connectivity index (χ0n) is 16.9. The largest absolute Gasteiger partial charge is 0.456 e. The quantitative estimate of drug-likeness (QED) is 0.792. The number of carbonyl (C=O) groups excluding carboxylic acids is 2. The molecule has 0 spiro atoms. The number of carbonyl (C=O) groups is 2. The molecule has 1 atom stereocenters. The number of nitrogens with zero attached hydrogens (tertiary/aromatic N) is 4. The standard InChI is InChI=1S/C21H28N4O3/c1-4-19-10-15(2)20(28-19)21(27)24-8-5-6-18(7-9-24)25(16(3)26)13-17-11-22-14-23-12-17/h10-12,14,18H,4-9,13H2,1-3H3. The van der Waals surface area contributed by atoms with E-state index in [2.05, 4.69) is 9.97 Å². The Bertz CT molecular complexity index is 818. The van der Waals surface area contributed by atoms with E-state index >= 15 is 0 Å². The molecule has 0 aromatic carbocycles. The van der Waals surface area contributed by atoms with E-state index in [1.54, 1.807) is 19.3 Å². The zero-order valence-corrected chi connectivity index (χ0v) is 16.9. The Balaban J connectivity index is 1.68. The molecule has 0 bridgehead atoms. The molecule has 150 valence electrons. The van der Waals surface area contributed by atoms with E-state index in [0.29, 0.717) is 25.4 Å². The van der Waals surface area contributed by atoms with Crippen LogP contribution in [0.1, 0.15) is 60.6 Å². The van der Waals surface area contributed by atoms with Gasteiger partial charge in [-0.3, -0.25) is 9.59 Å². The van der Waals surface area contributed by atoms with E-state index in [0.717, 1.165) is 42.6 Å². The average molecular weight is 384 g/mol. The van der Waals surface area contributed by atoms with E-state index in [1.165, 1.54) is 6.33 Å². The Morgan fingerprint density at radius 1 is 1.25 bits per heavy atom. The number of aromatic nitrogens is 2. The predicted molar refractivity (Wildman–Crippen MR) is 105 cm³/mol. The van der Waals surface area contributed by atoms with Gasteiger partial charge in [-0.1, -0.05) is 6.92 Å². The Kier molecular flexibility index (Phi) is 6.44. The van der Waals surface area contributed by atoms with Gasteiger partial charge in [-0.15, -0.1) is 0 Å². The van der Waals surface area contributed by atoms with Gasteiger partial charge in [0.15, 0.2) is 5.76 Å². The summed E-state index contributed by atoms with van der Waals surface area (Å²) in [5.41, 5.74) is 1.80.